The first kappa shape index (κ1) is 23.5. The van der Waals surface area contributed by atoms with Crippen LogP contribution in [0.1, 0.15) is 5.56 Å². The van der Waals surface area contributed by atoms with E-state index in [9.17, 15) is 9.59 Å². The molecule has 2 aromatic rings. The van der Waals surface area contributed by atoms with Gasteiger partial charge in [0.1, 0.15) is 51.4 Å². The molecule has 9 heteroatoms. The van der Waals surface area contributed by atoms with E-state index in [-0.39, 0.29) is 51.7 Å². The zero-order chi connectivity index (χ0) is 22.9. The van der Waals surface area contributed by atoms with Crippen LogP contribution in [-0.4, -0.2) is 65.9 Å². The molecule has 0 radical (unpaired) electrons. The number of carbonyl (C=O) groups excluding carboxylic acids is 2. The van der Waals surface area contributed by atoms with Gasteiger partial charge >= 0.3 is 0 Å². The smallest absolute Gasteiger partial charge is 0.254 e. The molecule has 9 nitrogen and oxygen atoms in total. The van der Waals surface area contributed by atoms with Crippen molar-refractivity contribution in [2.45, 2.75) is 6.92 Å². The lowest BCUT2D eigenvalue weighted by Crippen LogP contribution is -2.40. The van der Waals surface area contributed by atoms with Gasteiger partial charge in [0.05, 0.1) is 11.4 Å². The van der Waals surface area contributed by atoms with Gasteiger partial charge in [0.25, 0.3) is 11.8 Å². The third-order valence-electron chi connectivity index (χ3n) is 4.74. The second-order valence-electron chi connectivity index (χ2n) is 7.11. The topological polar surface area (TPSA) is 86.8 Å². The van der Waals surface area contributed by atoms with Gasteiger partial charge in [-0.05, 0) is 36.8 Å². The summed E-state index contributed by atoms with van der Waals surface area (Å²) < 4.78 is 27.8. The molecule has 0 atom stereocenters. The molecular weight excluding hydrogens is 416 g/mol. The van der Waals surface area contributed by atoms with E-state index in [1.165, 1.54) is 24.0 Å². The van der Waals surface area contributed by atoms with E-state index in [2.05, 4.69) is 0 Å². The number of anilines is 2. The molecule has 0 bridgehead atoms. The highest BCUT2D eigenvalue weighted by molar-refractivity contribution is 5.96. The fraction of sp³-hybridized carbons (Fsp3) is 0.391. The standard InChI is InChI=1S/C23H28N2O7/c1-17-8-9-19-21(12-17)32-11-10-31-20-7-5-4-6-18(20)24(22(26)13-28-2)15-30-16-25(19)23(27)14-29-3/h4-9,12H,10-11,13-16H2,1-3H3. The molecule has 0 saturated heterocycles. The number of benzene rings is 2. The van der Waals surface area contributed by atoms with E-state index in [4.69, 9.17) is 23.7 Å². The SMILES string of the molecule is COCC(=O)N1COCN(C(=O)COC)c2ccc(C)cc2OCCOc2ccccc21. The molecule has 2 aromatic carbocycles. The van der Waals surface area contributed by atoms with Gasteiger partial charge in [-0.2, -0.15) is 0 Å². The van der Waals surface area contributed by atoms with Crippen LogP contribution in [0.5, 0.6) is 11.5 Å². The molecule has 1 heterocycles. The molecule has 32 heavy (non-hydrogen) atoms. The number of fused-ring (bicyclic) bond motifs is 2. The van der Waals surface area contributed by atoms with Gasteiger partial charge in [0.2, 0.25) is 0 Å². The maximum Gasteiger partial charge on any atom is 0.254 e. The summed E-state index contributed by atoms with van der Waals surface area (Å²) in [6.07, 6.45) is 0. The summed E-state index contributed by atoms with van der Waals surface area (Å²) in [5.41, 5.74) is 2.07. The Balaban J connectivity index is 1.97. The summed E-state index contributed by atoms with van der Waals surface area (Å²) in [4.78, 5) is 28.4. The lowest BCUT2D eigenvalue weighted by molar-refractivity contribution is -0.124. The van der Waals surface area contributed by atoms with Gasteiger partial charge < -0.3 is 23.7 Å². The van der Waals surface area contributed by atoms with Crippen molar-refractivity contribution in [2.75, 3.05) is 63.9 Å². The van der Waals surface area contributed by atoms with Crippen LogP contribution in [0.15, 0.2) is 42.5 Å². The van der Waals surface area contributed by atoms with Crippen LogP contribution in [0.3, 0.4) is 0 Å². The monoisotopic (exact) mass is 444 g/mol. The van der Waals surface area contributed by atoms with E-state index in [1.54, 1.807) is 24.3 Å². The molecule has 3 rings (SSSR count). The number of hydrogen-bond donors (Lipinski definition) is 0. The van der Waals surface area contributed by atoms with E-state index in [0.29, 0.717) is 22.9 Å². The minimum Gasteiger partial charge on any atom is -0.488 e. The molecule has 1 aliphatic rings. The Morgan fingerprint density at radius 2 is 1.41 bits per heavy atom. The molecule has 0 aliphatic carbocycles. The summed E-state index contributed by atoms with van der Waals surface area (Å²) in [6, 6.07) is 12.7. The molecule has 0 unspecified atom stereocenters. The van der Waals surface area contributed by atoms with Crippen molar-refractivity contribution < 1.29 is 33.3 Å². The van der Waals surface area contributed by atoms with Crippen molar-refractivity contribution in [1.29, 1.82) is 0 Å². The molecule has 0 saturated carbocycles. The van der Waals surface area contributed by atoms with E-state index < -0.39 is 0 Å². The van der Waals surface area contributed by atoms with Gasteiger partial charge in [0.15, 0.2) is 0 Å². The number of aryl methyl sites for hydroxylation is 1. The minimum atomic E-state index is -0.305. The maximum absolute atomic E-state index is 12.8. The summed E-state index contributed by atoms with van der Waals surface area (Å²) in [6.45, 7) is 1.94. The third-order valence-corrected chi connectivity index (χ3v) is 4.74. The van der Waals surface area contributed by atoms with Crippen molar-refractivity contribution in [2.24, 2.45) is 0 Å². The first-order valence-corrected chi connectivity index (χ1v) is 10.2. The summed E-state index contributed by atoms with van der Waals surface area (Å²) in [7, 11) is 2.90. The van der Waals surface area contributed by atoms with E-state index in [0.717, 1.165) is 5.56 Å². The highest BCUT2D eigenvalue weighted by Gasteiger charge is 2.24. The zero-order valence-electron chi connectivity index (χ0n) is 18.5. The Kier molecular flexibility index (Phi) is 8.43. The Morgan fingerprint density at radius 1 is 0.844 bits per heavy atom. The summed E-state index contributed by atoms with van der Waals surface area (Å²) in [5, 5.41) is 0. The molecule has 0 N–H and O–H groups in total. The molecule has 2 amide bonds. The quantitative estimate of drug-likeness (QED) is 0.716. The van der Waals surface area contributed by atoms with Crippen LogP contribution in [-0.2, 0) is 23.8 Å². The van der Waals surface area contributed by atoms with Crippen molar-refractivity contribution >= 4 is 23.2 Å². The van der Waals surface area contributed by atoms with Crippen LogP contribution in [0, 0.1) is 6.92 Å². The molecule has 0 spiro atoms. The predicted molar refractivity (Wildman–Crippen MR) is 118 cm³/mol. The Morgan fingerprint density at radius 3 is 2.03 bits per heavy atom. The van der Waals surface area contributed by atoms with E-state index >= 15 is 0 Å². The van der Waals surface area contributed by atoms with Crippen LogP contribution in [0.25, 0.3) is 0 Å². The van der Waals surface area contributed by atoms with Gasteiger partial charge in [-0.15, -0.1) is 0 Å². The highest BCUT2D eigenvalue weighted by atomic mass is 16.5. The van der Waals surface area contributed by atoms with E-state index in [1.807, 2.05) is 25.1 Å². The fourth-order valence-electron chi connectivity index (χ4n) is 3.24. The zero-order valence-corrected chi connectivity index (χ0v) is 18.5. The van der Waals surface area contributed by atoms with Crippen molar-refractivity contribution in [3.05, 3.63) is 48.0 Å². The average Bonchev–Trinajstić information content (AvgIpc) is 2.79. The molecule has 0 fully saturated rings. The van der Waals surface area contributed by atoms with Crippen molar-refractivity contribution in [3.8, 4) is 11.5 Å². The number of hydrogen-bond acceptors (Lipinski definition) is 7. The predicted octanol–water partition coefficient (Wildman–Crippen LogP) is 2.36. The molecular formula is C23H28N2O7. The molecule has 0 aromatic heterocycles. The third kappa shape index (κ3) is 5.76. The van der Waals surface area contributed by atoms with Gasteiger partial charge in [-0.1, -0.05) is 18.2 Å². The normalized spacial score (nSPS) is 14.6. The first-order valence-electron chi connectivity index (χ1n) is 10.2. The second-order valence-corrected chi connectivity index (χ2v) is 7.11. The van der Waals surface area contributed by atoms with Gasteiger partial charge in [-0.3, -0.25) is 19.4 Å². The lowest BCUT2D eigenvalue weighted by atomic mass is 10.2. The number of ether oxygens (including phenoxy) is 5. The number of amides is 2. The summed E-state index contributed by atoms with van der Waals surface area (Å²) in [5.74, 6) is 0.435. The largest absolute Gasteiger partial charge is 0.488 e. The molecule has 1 aliphatic heterocycles. The number of carbonyl (C=O) groups is 2. The maximum atomic E-state index is 12.8. The van der Waals surface area contributed by atoms with Crippen LogP contribution in [0.4, 0.5) is 11.4 Å². The van der Waals surface area contributed by atoms with Gasteiger partial charge in [0, 0.05) is 14.2 Å². The minimum absolute atomic E-state index is 0.110. The lowest BCUT2D eigenvalue weighted by Gasteiger charge is -2.27. The second kappa shape index (κ2) is 11.5. The fourth-order valence-corrected chi connectivity index (χ4v) is 3.24. The highest BCUT2D eigenvalue weighted by Crippen LogP contribution is 2.32. The van der Waals surface area contributed by atoms with Crippen molar-refractivity contribution in [1.82, 2.24) is 0 Å². The summed E-state index contributed by atoms with van der Waals surface area (Å²) >= 11 is 0. The van der Waals surface area contributed by atoms with Crippen molar-refractivity contribution in [3.63, 3.8) is 0 Å². The average molecular weight is 444 g/mol. The Bertz CT molecular complexity index is 934. The number of para-hydroxylation sites is 2. The Hall–Kier alpha value is -3.14. The first-order chi connectivity index (χ1) is 15.5. The number of rotatable bonds is 4. The molecule has 172 valence electrons. The Labute approximate surface area is 187 Å². The number of methoxy groups -OCH3 is 2. The van der Waals surface area contributed by atoms with Crippen LogP contribution in [0.2, 0.25) is 0 Å². The van der Waals surface area contributed by atoms with Crippen LogP contribution >= 0.6 is 0 Å². The van der Waals surface area contributed by atoms with Crippen LogP contribution < -0.4 is 19.3 Å². The van der Waals surface area contributed by atoms with Gasteiger partial charge in [-0.25, -0.2) is 0 Å². The number of nitrogens with zero attached hydrogens (tertiary/aromatic N) is 2.